The van der Waals surface area contributed by atoms with Gasteiger partial charge in [-0.05, 0) is 80.2 Å². The van der Waals surface area contributed by atoms with Crippen molar-refractivity contribution in [3.05, 3.63) is 28.3 Å². The van der Waals surface area contributed by atoms with E-state index in [2.05, 4.69) is 32.2 Å². The molecule has 4 aliphatic rings. The number of urea groups is 1. The van der Waals surface area contributed by atoms with Crippen molar-refractivity contribution in [3.63, 3.8) is 0 Å². The molecule has 2 bridgehead atoms. The van der Waals surface area contributed by atoms with Crippen LogP contribution in [0.25, 0.3) is 0 Å². The van der Waals surface area contributed by atoms with Gasteiger partial charge in [0.2, 0.25) is 0 Å². The summed E-state index contributed by atoms with van der Waals surface area (Å²) in [5.41, 5.74) is 6.86. The lowest BCUT2D eigenvalue weighted by atomic mass is 9.99. The first kappa shape index (κ1) is 17.8. The standard InChI is InChI=1S/C21H30N4OS/c1-2-24-12-16-9-10-17(13-24)25(16)27-23-21(26)22-20-18-7-3-5-14(18)11-15-6-4-8-19(15)20/h11,16-17H,2-10,12-13H2,1H3,(H2,22,23,26). The van der Waals surface area contributed by atoms with Crippen LogP contribution in [0, 0.1) is 0 Å². The van der Waals surface area contributed by atoms with Crippen molar-refractivity contribution in [1.29, 1.82) is 0 Å². The molecule has 2 N–H and O–H groups in total. The number of anilines is 1. The van der Waals surface area contributed by atoms with Gasteiger partial charge in [-0.25, -0.2) is 9.10 Å². The number of nitrogens with zero attached hydrogens (tertiary/aromatic N) is 2. The molecule has 2 aliphatic carbocycles. The minimum absolute atomic E-state index is 0.0632. The van der Waals surface area contributed by atoms with E-state index in [-0.39, 0.29) is 6.03 Å². The van der Waals surface area contributed by atoms with Crippen LogP contribution >= 0.6 is 12.1 Å². The molecule has 0 saturated carbocycles. The van der Waals surface area contributed by atoms with E-state index in [1.54, 1.807) is 0 Å². The molecule has 1 aromatic carbocycles. The third-order valence-corrected chi connectivity index (χ3v) is 7.98. The van der Waals surface area contributed by atoms with Crippen molar-refractivity contribution in [2.24, 2.45) is 0 Å². The van der Waals surface area contributed by atoms with Gasteiger partial charge in [-0.2, -0.15) is 0 Å². The fraction of sp³-hybridized carbons (Fsp3) is 0.667. The molecule has 146 valence electrons. The van der Waals surface area contributed by atoms with Crippen molar-refractivity contribution in [2.45, 2.75) is 70.4 Å². The number of hydrogen-bond donors (Lipinski definition) is 2. The minimum Gasteiger partial charge on any atom is -0.307 e. The lowest BCUT2D eigenvalue weighted by Crippen LogP contribution is -2.51. The Morgan fingerprint density at radius 3 is 2.30 bits per heavy atom. The van der Waals surface area contributed by atoms with Crippen LogP contribution in [0.15, 0.2) is 6.07 Å². The lowest BCUT2D eigenvalue weighted by molar-refractivity contribution is 0.143. The van der Waals surface area contributed by atoms with E-state index in [1.165, 1.54) is 72.9 Å². The largest absolute Gasteiger partial charge is 0.330 e. The Bertz CT molecular complexity index is 706. The summed E-state index contributed by atoms with van der Waals surface area (Å²) in [6, 6.07) is 3.48. The van der Waals surface area contributed by atoms with E-state index in [9.17, 15) is 4.79 Å². The summed E-state index contributed by atoms with van der Waals surface area (Å²) < 4.78 is 5.53. The van der Waals surface area contributed by atoms with Gasteiger partial charge >= 0.3 is 6.03 Å². The van der Waals surface area contributed by atoms with Crippen molar-refractivity contribution >= 4 is 23.9 Å². The highest BCUT2D eigenvalue weighted by Gasteiger charge is 2.40. The zero-order valence-electron chi connectivity index (χ0n) is 16.2. The Hall–Kier alpha value is -1.24. The second kappa shape index (κ2) is 7.30. The fourth-order valence-electron chi connectivity index (χ4n) is 5.56. The molecule has 5 nitrogen and oxygen atoms in total. The summed E-state index contributed by atoms with van der Waals surface area (Å²) in [6.45, 7) is 5.63. The number of carbonyl (C=O) groups is 1. The Morgan fingerprint density at radius 2 is 1.70 bits per heavy atom. The normalized spacial score (nSPS) is 26.9. The van der Waals surface area contributed by atoms with Crippen molar-refractivity contribution < 1.29 is 4.79 Å². The Labute approximate surface area is 166 Å². The first-order chi connectivity index (χ1) is 13.2. The molecule has 0 spiro atoms. The van der Waals surface area contributed by atoms with E-state index >= 15 is 0 Å². The number of benzene rings is 1. The summed E-state index contributed by atoms with van der Waals surface area (Å²) in [4.78, 5) is 15.3. The summed E-state index contributed by atoms with van der Waals surface area (Å²) in [5.74, 6) is 0. The number of carbonyl (C=O) groups excluding carboxylic acids is 1. The second-order valence-electron chi connectivity index (χ2n) is 8.48. The average Bonchev–Trinajstić information content (AvgIpc) is 3.38. The molecule has 2 saturated heterocycles. The van der Waals surface area contributed by atoms with Gasteiger partial charge in [0.1, 0.15) is 0 Å². The van der Waals surface area contributed by atoms with Crippen LogP contribution < -0.4 is 10.0 Å². The molecule has 0 aromatic heterocycles. The Morgan fingerprint density at radius 1 is 1.07 bits per heavy atom. The predicted octanol–water partition coefficient (Wildman–Crippen LogP) is 3.52. The molecule has 2 fully saturated rings. The lowest BCUT2D eigenvalue weighted by Gasteiger charge is -2.39. The van der Waals surface area contributed by atoms with Crippen LogP contribution in [0.1, 0.15) is 54.9 Å². The van der Waals surface area contributed by atoms with Crippen LogP contribution in [0.2, 0.25) is 0 Å². The van der Waals surface area contributed by atoms with Gasteiger partial charge in [-0.15, -0.1) is 0 Å². The number of piperazine rings is 1. The quantitative estimate of drug-likeness (QED) is 0.778. The zero-order valence-corrected chi connectivity index (χ0v) is 17.0. The summed E-state index contributed by atoms with van der Waals surface area (Å²) in [5, 5.41) is 3.24. The highest BCUT2D eigenvalue weighted by atomic mass is 32.2. The molecule has 2 heterocycles. The third-order valence-electron chi connectivity index (χ3n) is 6.89. The molecular weight excluding hydrogens is 356 g/mol. The molecule has 1 aromatic rings. The number of rotatable bonds is 4. The van der Waals surface area contributed by atoms with E-state index in [0.717, 1.165) is 38.2 Å². The molecule has 6 heteroatoms. The van der Waals surface area contributed by atoms with Crippen LogP contribution in [-0.4, -0.2) is 47.0 Å². The van der Waals surface area contributed by atoms with Crippen LogP contribution in [-0.2, 0) is 25.7 Å². The van der Waals surface area contributed by atoms with Crippen molar-refractivity contribution in [2.75, 3.05) is 25.0 Å². The van der Waals surface area contributed by atoms with Gasteiger partial charge in [-0.1, -0.05) is 13.0 Å². The number of aryl methyl sites for hydroxylation is 2. The van der Waals surface area contributed by atoms with E-state index in [1.807, 2.05) is 0 Å². The van der Waals surface area contributed by atoms with Gasteiger partial charge in [0.05, 0.1) is 0 Å². The van der Waals surface area contributed by atoms with Crippen LogP contribution in [0.4, 0.5) is 10.5 Å². The fourth-order valence-corrected chi connectivity index (χ4v) is 6.44. The SMILES string of the molecule is CCN1CC2CCC(C1)N2SNC(=O)Nc1c2c(cc3c1CCC3)CCC2. The maximum atomic E-state index is 12.7. The minimum atomic E-state index is -0.0632. The molecule has 27 heavy (non-hydrogen) atoms. The molecular formula is C21H30N4OS. The topological polar surface area (TPSA) is 47.6 Å². The van der Waals surface area contributed by atoms with E-state index < -0.39 is 0 Å². The monoisotopic (exact) mass is 386 g/mol. The van der Waals surface area contributed by atoms with Crippen LogP contribution in [0.5, 0.6) is 0 Å². The van der Waals surface area contributed by atoms with Gasteiger partial charge in [0, 0.05) is 43.0 Å². The first-order valence-corrected chi connectivity index (χ1v) is 11.4. The number of fused-ring (bicyclic) bond motifs is 4. The van der Waals surface area contributed by atoms with Crippen molar-refractivity contribution in [1.82, 2.24) is 13.9 Å². The van der Waals surface area contributed by atoms with Gasteiger partial charge in [0.25, 0.3) is 0 Å². The molecule has 2 atom stereocenters. The Kier molecular flexibility index (Phi) is 4.82. The highest BCUT2D eigenvalue weighted by Crippen LogP contribution is 2.39. The molecule has 2 amide bonds. The summed E-state index contributed by atoms with van der Waals surface area (Å²) in [7, 11) is 0. The summed E-state index contributed by atoms with van der Waals surface area (Å²) in [6.07, 6.45) is 9.47. The van der Waals surface area contributed by atoms with E-state index in [4.69, 9.17) is 0 Å². The molecule has 2 aliphatic heterocycles. The first-order valence-electron chi connectivity index (χ1n) is 10.6. The van der Waals surface area contributed by atoms with Crippen molar-refractivity contribution in [3.8, 4) is 0 Å². The number of nitrogens with one attached hydrogen (secondary N) is 2. The van der Waals surface area contributed by atoms with Gasteiger partial charge in [0.15, 0.2) is 0 Å². The third kappa shape index (κ3) is 3.26. The highest BCUT2D eigenvalue weighted by molar-refractivity contribution is 7.95. The molecule has 5 rings (SSSR count). The molecule has 2 unspecified atom stereocenters. The van der Waals surface area contributed by atoms with E-state index in [0.29, 0.717) is 12.1 Å². The molecule has 0 radical (unpaired) electrons. The zero-order chi connectivity index (χ0) is 18.4. The smallest absolute Gasteiger partial charge is 0.307 e. The van der Waals surface area contributed by atoms with Crippen LogP contribution in [0.3, 0.4) is 0 Å². The maximum Gasteiger partial charge on any atom is 0.330 e. The van der Waals surface area contributed by atoms with Gasteiger partial charge in [-0.3, -0.25) is 4.72 Å². The number of likely N-dealkylation sites (tertiary alicyclic amines) is 1. The Balaban J connectivity index is 1.25. The summed E-state index contributed by atoms with van der Waals surface area (Å²) >= 11 is 1.53. The second-order valence-corrected chi connectivity index (χ2v) is 9.29. The van der Waals surface area contributed by atoms with Gasteiger partial charge < -0.3 is 10.2 Å². The average molecular weight is 387 g/mol. The number of hydrogen-bond acceptors (Lipinski definition) is 4. The number of likely N-dealkylation sites (N-methyl/N-ethyl adjacent to an activating group) is 1. The predicted molar refractivity (Wildman–Crippen MR) is 111 cm³/mol. The maximum absolute atomic E-state index is 12.7. The number of amides is 2.